The zero-order chi connectivity index (χ0) is 25.9. The van der Waals surface area contributed by atoms with Gasteiger partial charge in [0.1, 0.15) is 5.82 Å². The Balaban J connectivity index is 1.20. The summed E-state index contributed by atoms with van der Waals surface area (Å²) in [5.41, 5.74) is 2.32. The molecule has 1 aromatic heterocycles. The number of hydrogen-bond acceptors (Lipinski definition) is 4. The number of likely N-dealkylation sites (tertiary alicyclic amines) is 2. The van der Waals surface area contributed by atoms with Gasteiger partial charge in [0.25, 0.3) is 11.8 Å². The Kier molecular flexibility index (Phi) is 7.53. The molecule has 2 saturated heterocycles. The van der Waals surface area contributed by atoms with Crippen LogP contribution in [0.15, 0.2) is 66.9 Å². The molecule has 5 rings (SSSR count). The Bertz CT molecular complexity index is 1250. The molecule has 0 bridgehead atoms. The Hall–Kier alpha value is -3.29. The molecule has 0 aliphatic carbocycles. The molecule has 2 aliphatic heterocycles. The molecule has 2 aliphatic rings. The van der Waals surface area contributed by atoms with Crippen LogP contribution < -0.4 is 5.32 Å². The maximum Gasteiger partial charge on any atom is 0.258 e. The predicted octanol–water partition coefficient (Wildman–Crippen LogP) is 4.75. The highest BCUT2D eigenvalue weighted by molar-refractivity contribution is 6.33. The molecular weight excluding hydrogens is 491 g/mol. The highest BCUT2D eigenvalue weighted by Crippen LogP contribution is 2.33. The van der Waals surface area contributed by atoms with Crippen molar-refractivity contribution < 1.29 is 14.0 Å². The molecule has 0 radical (unpaired) electrons. The summed E-state index contributed by atoms with van der Waals surface area (Å²) in [4.78, 5) is 34.4. The fourth-order valence-electron chi connectivity index (χ4n) is 5.58. The molecule has 2 unspecified atom stereocenters. The van der Waals surface area contributed by atoms with E-state index in [0.29, 0.717) is 36.2 Å². The maximum absolute atomic E-state index is 14.3. The molecule has 2 amide bonds. The first-order valence-electron chi connectivity index (χ1n) is 12.6. The zero-order valence-corrected chi connectivity index (χ0v) is 21.5. The van der Waals surface area contributed by atoms with Gasteiger partial charge in [-0.25, -0.2) is 4.39 Å². The zero-order valence-electron chi connectivity index (χ0n) is 20.7. The monoisotopic (exact) mass is 520 g/mol. The number of amides is 2. The average Bonchev–Trinajstić information content (AvgIpc) is 3.46. The summed E-state index contributed by atoms with van der Waals surface area (Å²) in [5.74, 6) is -0.346. The van der Waals surface area contributed by atoms with Crippen LogP contribution in [0.25, 0.3) is 0 Å². The third kappa shape index (κ3) is 5.53. The van der Waals surface area contributed by atoms with Crippen LogP contribution in [0.5, 0.6) is 0 Å². The van der Waals surface area contributed by atoms with Crippen LogP contribution in [0.2, 0.25) is 5.02 Å². The minimum Gasteiger partial charge on any atom is -0.345 e. The minimum atomic E-state index is -0.577. The van der Waals surface area contributed by atoms with Gasteiger partial charge in [0.2, 0.25) is 0 Å². The molecule has 3 heterocycles. The molecule has 1 N–H and O–H groups in total. The van der Waals surface area contributed by atoms with Crippen LogP contribution in [0, 0.1) is 24.6 Å². The first-order chi connectivity index (χ1) is 17.9. The summed E-state index contributed by atoms with van der Waals surface area (Å²) in [6.07, 6.45) is 2.45. The van der Waals surface area contributed by atoms with Crippen LogP contribution in [0.4, 0.5) is 4.39 Å². The number of nitrogens with zero attached hydrogens (tertiary/aromatic N) is 3. The van der Waals surface area contributed by atoms with Gasteiger partial charge in [-0.05, 0) is 55.0 Å². The molecule has 192 valence electrons. The van der Waals surface area contributed by atoms with Crippen molar-refractivity contribution in [2.75, 3.05) is 32.7 Å². The lowest BCUT2D eigenvalue weighted by Crippen LogP contribution is -2.35. The molecule has 2 fully saturated rings. The number of rotatable bonds is 7. The standard InChI is InChI=1S/C29H30ClFN4O2/c1-19-23(9-6-13-32-19)28(36)33-26(20-7-3-2-4-8-20)12-14-34-15-21-17-35(18-22(21)16-34)29(37)27-24(30)10-5-11-25(27)31/h2-11,13,21-22,26H,12,14-18H2,1H3,(H,33,36)/t21?,22?,26-/m0/s1. The van der Waals surface area contributed by atoms with E-state index in [4.69, 9.17) is 11.6 Å². The lowest BCUT2D eigenvalue weighted by atomic mass is 10.0. The van der Waals surface area contributed by atoms with Crippen molar-refractivity contribution in [3.05, 3.63) is 100 Å². The van der Waals surface area contributed by atoms with Gasteiger partial charge in [-0.2, -0.15) is 0 Å². The van der Waals surface area contributed by atoms with Gasteiger partial charge in [0, 0.05) is 44.6 Å². The van der Waals surface area contributed by atoms with Crippen LogP contribution in [-0.4, -0.2) is 59.3 Å². The van der Waals surface area contributed by atoms with E-state index < -0.39 is 5.82 Å². The smallest absolute Gasteiger partial charge is 0.258 e. The van der Waals surface area contributed by atoms with E-state index in [1.807, 2.05) is 37.3 Å². The Morgan fingerprint density at radius 3 is 2.43 bits per heavy atom. The third-order valence-electron chi connectivity index (χ3n) is 7.52. The number of nitrogens with one attached hydrogen (secondary N) is 1. The summed E-state index contributed by atoms with van der Waals surface area (Å²) < 4.78 is 14.3. The van der Waals surface area contributed by atoms with E-state index in [1.165, 1.54) is 12.1 Å². The molecule has 0 saturated carbocycles. The quantitative estimate of drug-likeness (QED) is 0.488. The Morgan fingerprint density at radius 2 is 1.76 bits per heavy atom. The Labute approximate surface area is 221 Å². The van der Waals surface area contributed by atoms with Gasteiger partial charge in [-0.3, -0.25) is 14.6 Å². The van der Waals surface area contributed by atoms with E-state index >= 15 is 0 Å². The minimum absolute atomic E-state index is 0.0358. The van der Waals surface area contributed by atoms with E-state index in [-0.39, 0.29) is 28.4 Å². The molecule has 3 aromatic rings. The predicted molar refractivity (Wildman–Crippen MR) is 141 cm³/mol. The van der Waals surface area contributed by atoms with Crippen LogP contribution in [0.3, 0.4) is 0 Å². The van der Waals surface area contributed by atoms with E-state index in [0.717, 1.165) is 31.6 Å². The van der Waals surface area contributed by atoms with Gasteiger partial charge >= 0.3 is 0 Å². The van der Waals surface area contributed by atoms with Gasteiger partial charge in [0.15, 0.2) is 0 Å². The number of aryl methyl sites for hydroxylation is 1. The normalized spacial score (nSPS) is 20.0. The molecule has 2 aromatic carbocycles. The second-order valence-electron chi connectivity index (χ2n) is 9.95. The first-order valence-corrected chi connectivity index (χ1v) is 13.0. The van der Waals surface area contributed by atoms with Crippen molar-refractivity contribution in [1.82, 2.24) is 20.1 Å². The molecule has 37 heavy (non-hydrogen) atoms. The number of pyridine rings is 1. The number of carbonyl (C=O) groups is 2. The summed E-state index contributed by atoms with van der Waals surface area (Å²) in [5, 5.41) is 3.36. The number of fused-ring (bicyclic) bond motifs is 1. The van der Waals surface area contributed by atoms with Crippen molar-refractivity contribution in [3.8, 4) is 0 Å². The number of hydrogen-bond donors (Lipinski definition) is 1. The van der Waals surface area contributed by atoms with Crippen molar-refractivity contribution in [3.63, 3.8) is 0 Å². The van der Waals surface area contributed by atoms with Crippen molar-refractivity contribution >= 4 is 23.4 Å². The number of halogens is 2. The Morgan fingerprint density at radius 1 is 1.03 bits per heavy atom. The second kappa shape index (κ2) is 11.0. The van der Waals surface area contributed by atoms with Crippen LogP contribution >= 0.6 is 11.6 Å². The van der Waals surface area contributed by atoms with Crippen LogP contribution in [-0.2, 0) is 0 Å². The molecule has 8 heteroatoms. The number of aromatic nitrogens is 1. The largest absolute Gasteiger partial charge is 0.345 e. The summed E-state index contributed by atoms with van der Waals surface area (Å²) in [6.45, 7) is 5.61. The molecule has 3 atom stereocenters. The topological polar surface area (TPSA) is 65.5 Å². The summed E-state index contributed by atoms with van der Waals surface area (Å²) in [7, 11) is 0. The third-order valence-corrected chi connectivity index (χ3v) is 7.83. The highest BCUT2D eigenvalue weighted by atomic mass is 35.5. The van der Waals surface area contributed by atoms with Crippen molar-refractivity contribution in [1.29, 1.82) is 0 Å². The van der Waals surface area contributed by atoms with Gasteiger partial charge in [0.05, 0.1) is 22.2 Å². The van der Waals surface area contributed by atoms with Gasteiger partial charge < -0.3 is 15.1 Å². The fraction of sp³-hybridized carbons (Fsp3) is 0.345. The van der Waals surface area contributed by atoms with E-state index in [9.17, 15) is 14.0 Å². The van der Waals surface area contributed by atoms with Gasteiger partial charge in [-0.1, -0.05) is 48.0 Å². The van der Waals surface area contributed by atoms with E-state index in [2.05, 4.69) is 15.2 Å². The van der Waals surface area contributed by atoms with Crippen molar-refractivity contribution in [2.24, 2.45) is 11.8 Å². The SMILES string of the molecule is Cc1ncccc1C(=O)N[C@@H](CCN1CC2CN(C(=O)c3c(F)cccc3Cl)CC2C1)c1ccccc1. The molecular formula is C29H30ClFN4O2. The van der Waals surface area contributed by atoms with Crippen molar-refractivity contribution in [2.45, 2.75) is 19.4 Å². The lowest BCUT2D eigenvalue weighted by Gasteiger charge is -2.25. The fourth-order valence-corrected chi connectivity index (χ4v) is 5.82. The summed E-state index contributed by atoms with van der Waals surface area (Å²) in [6, 6.07) is 17.8. The average molecular weight is 521 g/mol. The second-order valence-corrected chi connectivity index (χ2v) is 10.4. The van der Waals surface area contributed by atoms with Gasteiger partial charge in [-0.15, -0.1) is 0 Å². The molecule has 6 nitrogen and oxygen atoms in total. The van der Waals surface area contributed by atoms with Crippen LogP contribution in [0.1, 0.15) is 44.4 Å². The molecule has 0 spiro atoms. The first kappa shape index (κ1) is 25.4. The van der Waals surface area contributed by atoms with E-state index in [1.54, 1.807) is 29.3 Å². The number of carbonyl (C=O) groups excluding carboxylic acids is 2. The summed E-state index contributed by atoms with van der Waals surface area (Å²) >= 11 is 6.12. The maximum atomic E-state index is 14.3. The number of benzene rings is 2. The highest BCUT2D eigenvalue weighted by Gasteiger charge is 2.42. The lowest BCUT2D eigenvalue weighted by molar-refractivity contribution is 0.0769.